The van der Waals surface area contributed by atoms with Gasteiger partial charge in [0, 0.05) is 0 Å². The first-order valence-electron chi connectivity index (χ1n) is 3.06. The van der Waals surface area contributed by atoms with Crippen LogP contribution in [0.2, 0.25) is 0 Å². The van der Waals surface area contributed by atoms with E-state index in [2.05, 4.69) is 9.97 Å². The van der Waals surface area contributed by atoms with Gasteiger partial charge in [-0.25, -0.2) is 0 Å². The first-order chi connectivity index (χ1) is 4.86. The summed E-state index contributed by atoms with van der Waals surface area (Å²) in [5.41, 5.74) is 2.22. The molecule has 10 heavy (non-hydrogen) atoms. The summed E-state index contributed by atoms with van der Waals surface area (Å²) in [6.07, 6.45) is 0. The third-order valence-electron chi connectivity index (χ3n) is 1.41. The van der Waals surface area contributed by atoms with Crippen LogP contribution < -0.4 is 3.84 Å². The zero-order chi connectivity index (χ0) is 6.97. The number of rotatable bonds is 0. The first kappa shape index (κ1) is 6.22. The number of nitrogens with zero attached hydrogens (tertiary/aromatic N) is 1. The van der Waals surface area contributed by atoms with Crippen molar-refractivity contribution in [2.45, 2.75) is 0 Å². The van der Waals surface area contributed by atoms with Crippen molar-refractivity contribution in [2.75, 3.05) is 0 Å². The van der Waals surface area contributed by atoms with Crippen molar-refractivity contribution in [3.8, 4) is 0 Å². The minimum atomic E-state index is 1.06. The van der Waals surface area contributed by atoms with E-state index in [9.17, 15) is 0 Å². The maximum atomic E-state index is 4.32. The second-order valence-electron chi connectivity index (χ2n) is 2.14. The Kier molecular flexibility index (Phi) is 1.41. The van der Waals surface area contributed by atoms with E-state index in [1.807, 2.05) is 24.3 Å². The molecule has 0 aliphatic heterocycles. The van der Waals surface area contributed by atoms with Gasteiger partial charge in [-0.15, -0.1) is 0 Å². The van der Waals surface area contributed by atoms with E-state index in [1.165, 1.54) is 0 Å². The van der Waals surface area contributed by atoms with E-state index in [0.717, 1.165) is 37.4 Å². The zero-order valence-electron chi connectivity index (χ0n) is 5.33. The van der Waals surface area contributed by atoms with E-state index in [4.69, 9.17) is 0 Å². The Morgan fingerprint density at radius 3 is 2.90 bits per heavy atom. The van der Waals surface area contributed by atoms with Crippen LogP contribution in [0.15, 0.2) is 24.3 Å². The van der Waals surface area contributed by atoms with Crippen molar-refractivity contribution in [2.24, 2.45) is 0 Å². The van der Waals surface area contributed by atoms with Gasteiger partial charge in [0.1, 0.15) is 0 Å². The summed E-state index contributed by atoms with van der Waals surface area (Å²) in [6, 6.07) is 8.08. The summed E-state index contributed by atoms with van der Waals surface area (Å²) in [7, 11) is 0. The van der Waals surface area contributed by atoms with Gasteiger partial charge in [-0.3, -0.25) is 0 Å². The van der Waals surface area contributed by atoms with Crippen LogP contribution in [0.4, 0.5) is 0 Å². The zero-order valence-corrected chi connectivity index (χ0v) is 8.63. The number of benzene rings is 1. The van der Waals surface area contributed by atoms with Gasteiger partial charge in [0.15, 0.2) is 0 Å². The summed E-state index contributed by atoms with van der Waals surface area (Å²) < 4.78 is 1.10. The van der Waals surface area contributed by atoms with Crippen molar-refractivity contribution >= 4 is 37.4 Å². The molecule has 1 heterocycles. The number of para-hydroxylation sites is 2. The van der Waals surface area contributed by atoms with Gasteiger partial charge in [-0.05, 0) is 0 Å². The van der Waals surface area contributed by atoms with Gasteiger partial charge < -0.3 is 0 Å². The monoisotopic (exact) mass is 238 g/mol. The molecule has 48 valence electrons. The number of hydrogen-bond acceptors (Lipinski definition) is 1. The average Bonchev–Trinajstić information content (AvgIpc) is 2.27. The van der Waals surface area contributed by atoms with Gasteiger partial charge in [0.05, 0.1) is 0 Å². The molecule has 0 unspecified atom stereocenters. The van der Waals surface area contributed by atoms with Gasteiger partial charge in [-0.1, -0.05) is 0 Å². The fraction of sp³-hybridized carbons (Fsp3) is 0. The van der Waals surface area contributed by atoms with Gasteiger partial charge in [0.25, 0.3) is 0 Å². The molecule has 2 rings (SSSR count). The summed E-state index contributed by atoms with van der Waals surface area (Å²) in [5.74, 6) is 0. The molecule has 0 aliphatic rings. The van der Waals surface area contributed by atoms with Crippen molar-refractivity contribution < 1.29 is 0 Å². The van der Waals surface area contributed by atoms with Crippen molar-refractivity contribution in [1.82, 2.24) is 9.97 Å². The summed E-state index contributed by atoms with van der Waals surface area (Å²) >= 11 is 1.06. The molecule has 2 nitrogen and oxygen atoms in total. The Labute approximate surface area is 71.8 Å². The minimum absolute atomic E-state index is 1.06. The molecule has 2 aromatic rings. The van der Waals surface area contributed by atoms with E-state index in [1.54, 1.807) is 0 Å². The Balaban J connectivity index is 2.88. The molecule has 1 aromatic carbocycles. The summed E-state index contributed by atoms with van der Waals surface area (Å²) in [5, 5.41) is 0. The predicted octanol–water partition coefficient (Wildman–Crippen LogP) is 0.0890. The van der Waals surface area contributed by atoms with Crippen LogP contribution in [0, 0.1) is 0 Å². The molecule has 3 heteroatoms. The molecule has 0 saturated carbocycles. The Morgan fingerprint density at radius 1 is 1.30 bits per heavy atom. The third kappa shape index (κ3) is 0.922. The van der Waals surface area contributed by atoms with E-state index in [-0.39, 0.29) is 0 Å². The molecular weight excluding hydrogens is 231 g/mol. The maximum absolute atomic E-state index is 4.32. The molecule has 0 amide bonds. The molecule has 0 fully saturated rings. The van der Waals surface area contributed by atoms with Gasteiger partial charge in [0.2, 0.25) is 0 Å². The number of hydrogen-bond donors (Lipinski definition) is 1. The molecule has 1 N–H and O–H groups in total. The Morgan fingerprint density at radius 2 is 2.10 bits per heavy atom. The third-order valence-corrected chi connectivity index (χ3v) is 2.19. The molecule has 0 bridgehead atoms. The second kappa shape index (κ2) is 2.27. The Hall–Kier alpha value is -0.511. The quantitative estimate of drug-likeness (QED) is 0.646. The van der Waals surface area contributed by atoms with E-state index in [0.29, 0.717) is 0 Å². The average molecular weight is 237 g/mol. The number of nitrogens with one attached hydrogen (secondary N) is 1. The molecule has 0 saturated heterocycles. The van der Waals surface area contributed by atoms with Crippen LogP contribution in [0.25, 0.3) is 11.0 Å². The van der Waals surface area contributed by atoms with Crippen molar-refractivity contribution in [3.63, 3.8) is 0 Å². The molecule has 0 spiro atoms. The Bertz CT molecular complexity index is 320. The predicted molar refractivity (Wildman–Crippen MR) is 42.9 cm³/mol. The van der Waals surface area contributed by atoms with Crippen LogP contribution in [-0.2, 0) is 0 Å². The molecule has 0 atom stereocenters. The van der Waals surface area contributed by atoms with Crippen LogP contribution in [0.5, 0.6) is 0 Å². The van der Waals surface area contributed by atoms with Gasteiger partial charge in [-0.2, -0.15) is 0 Å². The molecule has 2 radical (unpaired) electrons. The van der Waals surface area contributed by atoms with Gasteiger partial charge >= 0.3 is 71.6 Å². The second-order valence-corrected chi connectivity index (χ2v) is 3.70. The normalized spacial score (nSPS) is 10.5. The van der Waals surface area contributed by atoms with E-state index < -0.39 is 0 Å². The van der Waals surface area contributed by atoms with Crippen LogP contribution >= 0.6 is 0 Å². The van der Waals surface area contributed by atoms with Crippen LogP contribution in [-0.4, -0.2) is 32.5 Å². The number of H-pyrrole nitrogens is 1. The molecule has 1 aromatic heterocycles. The van der Waals surface area contributed by atoms with E-state index >= 15 is 0 Å². The fourth-order valence-corrected chi connectivity index (χ4v) is 1.81. The fourth-order valence-electron chi connectivity index (χ4n) is 0.973. The standard InChI is InChI=1S/C7H5N2.Sn.H/c1-2-4-7-6(3-1)8-5-9-7;;/h1-4H,(H,8,9);;. The number of aromatic nitrogens is 2. The summed E-state index contributed by atoms with van der Waals surface area (Å²) in [6.45, 7) is 0. The molecular formula is C7H6N2Sn. The number of fused-ring (bicyclic) bond motifs is 1. The number of aromatic amines is 1. The SMILES string of the molecule is [SnH][c]1nc2ccccc2[nH]1. The van der Waals surface area contributed by atoms with Crippen molar-refractivity contribution in [3.05, 3.63) is 24.3 Å². The number of imidazole rings is 1. The van der Waals surface area contributed by atoms with Crippen molar-refractivity contribution in [1.29, 1.82) is 0 Å². The first-order valence-corrected chi connectivity index (χ1v) is 4.71. The topological polar surface area (TPSA) is 28.7 Å². The van der Waals surface area contributed by atoms with Crippen LogP contribution in [0.3, 0.4) is 0 Å². The van der Waals surface area contributed by atoms with Crippen LogP contribution in [0.1, 0.15) is 0 Å². The summed E-state index contributed by atoms with van der Waals surface area (Å²) in [4.78, 5) is 7.52. The molecule has 0 aliphatic carbocycles.